The SMILES string of the molecule is O=S(=O)(N1CCCCC1)N1CCCN(C[C@@H](O)c2ccccc2)CC1. The summed E-state index contributed by atoms with van der Waals surface area (Å²) in [5.74, 6) is 0. The van der Waals surface area contributed by atoms with Crippen LogP contribution in [0.15, 0.2) is 30.3 Å². The molecular weight excluding hydrogens is 338 g/mol. The van der Waals surface area contributed by atoms with Crippen molar-refractivity contribution in [1.29, 1.82) is 0 Å². The van der Waals surface area contributed by atoms with E-state index in [1.165, 1.54) is 0 Å². The van der Waals surface area contributed by atoms with Gasteiger partial charge in [0.1, 0.15) is 0 Å². The first-order chi connectivity index (χ1) is 12.1. The van der Waals surface area contributed by atoms with E-state index in [1.807, 2.05) is 30.3 Å². The number of aliphatic hydroxyl groups excluding tert-OH is 1. The van der Waals surface area contributed by atoms with Crippen LogP contribution in [0.4, 0.5) is 0 Å². The Hall–Kier alpha value is -0.990. The molecule has 25 heavy (non-hydrogen) atoms. The van der Waals surface area contributed by atoms with E-state index in [4.69, 9.17) is 0 Å². The average molecular weight is 368 g/mol. The molecule has 6 nitrogen and oxygen atoms in total. The Bertz CT molecular complexity index is 632. The average Bonchev–Trinajstić information content (AvgIpc) is 2.89. The van der Waals surface area contributed by atoms with Gasteiger partial charge in [0.2, 0.25) is 0 Å². The van der Waals surface area contributed by atoms with E-state index in [0.717, 1.165) is 37.8 Å². The van der Waals surface area contributed by atoms with Crippen molar-refractivity contribution >= 4 is 10.2 Å². The van der Waals surface area contributed by atoms with Gasteiger partial charge in [0, 0.05) is 39.3 Å². The van der Waals surface area contributed by atoms with Gasteiger partial charge < -0.3 is 5.11 Å². The molecule has 0 saturated carbocycles. The summed E-state index contributed by atoms with van der Waals surface area (Å²) < 4.78 is 28.9. The van der Waals surface area contributed by atoms with E-state index >= 15 is 0 Å². The highest BCUT2D eigenvalue weighted by atomic mass is 32.2. The number of benzene rings is 1. The highest BCUT2D eigenvalue weighted by Gasteiger charge is 2.32. The number of nitrogens with zero attached hydrogens (tertiary/aromatic N) is 3. The van der Waals surface area contributed by atoms with E-state index in [1.54, 1.807) is 8.61 Å². The van der Waals surface area contributed by atoms with Crippen molar-refractivity contribution in [3.05, 3.63) is 35.9 Å². The number of β-amino-alcohol motifs (C(OH)–C–C–N with tert-alkyl or cyclic N) is 1. The third-order valence-corrected chi connectivity index (χ3v) is 7.17. The fourth-order valence-electron chi connectivity index (χ4n) is 3.64. The van der Waals surface area contributed by atoms with Crippen LogP contribution in [0.5, 0.6) is 0 Å². The van der Waals surface area contributed by atoms with Gasteiger partial charge in [-0.1, -0.05) is 36.8 Å². The Morgan fingerprint density at radius 1 is 0.840 bits per heavy atom. The Balaban J connectivity index is 1.57. The third kappa shape index (κ3) is 4.80. The molecule has 0 amide bonds. The Morgan fingerprint density at radius 2 is 1.48 bits per heavy atom. The molecule has 2 fully saturated rings. The number of piperidine rings is 1. The number of aliphatic hydroxyl groups is 1. The molecule has 0 bridgehead atoms. The first kappa shape index (κ1) is 18.8. The molecule has 2 aliphatic rings. The highest BCUT2D eigenvalue weighted by molar-refractivity contribution is 7.86. The Labute approximate surface area is 151 Å². The van der Waals surface area contributed by atoms with Crippen LogP contribution in [0.1, 0.15) is 37.4 Å². The minimum absolute atomic E-state index is 0.500. The second-order valence-corrected chi connectivity index (χ2v) is 8.88. The van der Waals surface area contributed by atoms with Crippen LogP contribution >= 0.6 is 0 Å². The van der Waals surface area contributed by atoms with Gasteiger partial charge >= 0.3 is 0 Å². The zero-order valence-electron chi connectivity index (χ0n) is 14.8. The Kier molecular flexibility index (Phi) is 6.46. The predicted molar refractivity (Wildman–Crippen MR) is 98.4 cm³/mol. The fraction of sp³-hybridized carbons (Fsp3) is 0.667. The number of hydrogen-bond acceptors (Lipinski definition) is 4. The van der Waals surface area contributed by atoms with Crippen molar-refractivity contribution < 1.29 is 13.5 Å². The lowest BCUT2D eigenvalue weighted by Crippen LogP contribution is -2.47. The highest BCUT2D eigenvalue weighted by Crippen LogP contribution is 2.19. The van der Waals surface area contributed by atoms with Crippen molar-refractivity contribution in [3.63, 3.8) is 0 Å². The van der Waals surface area contributed by atoms with Crippen LogP contribution in [0.25, 0.3) is 0 Å². The minimum atomic E-state index is -3.33. The summed E-state index contributed by atoms with van der Waals surface area (Å²) in [6, 6.07) is 9.64. The molecule has 1 aromatic carbocycles. The molecule has 1 N–H and O–H groups in total. The first-order valence-corrected chi connectivity index (χ1v) is 10.7. The summed E-state index contributed by atoms with van der Waals surface area (Å²) >= 11 is 0. The molecule has 0 unspecified atom stereocenters. The molecule has 2 aliphatic heterocycles. The molecule has 1 aromatic rings. The molecule has 0 spiro atoms. The lowest BCUT2D eigenvalue weighted by atomic mass is 10.1. The number of rotatable bonds is 5. The summed E-state index contributed by atoms with van der Waals surface area (Å²) in [7, 11) is -3.33. The normalized spacial score (nSPS) is 23.2. The van der Waals surface area contributed by atoms with Crippen LogP contribution in [-0.4, -0.2) is 72.8 Å². The van der Waals surface area contributed by atoms with Crippen LogP contribution in [-0.2, 0) is 10.2 Å². The van der Waals surface area contributed by atoms with Gasteiger partial charge in [-0.05, 0) is 31.4 Å². The largest absolute Gasteiger partial charge is 0.387 e. The van der Waals surface area contributed by atoms with Crippen molar-refractivity contribution in [2.75, 3.05) is 45.8 Å². The van der Waals surface area contributed by atoms with Gasteiger partial charge in [0.25, 0.3) is 10.2 Å². The van der Waals surface area contributed by atoms with Crippen LogP contribution < -0.4 is 0 Å². The van der Waals surface area contributed by atoms with Gasteiger partial charge in [0.15, 0.2) is 0 Å². The monoisotopic (exact) mass is 367 g/mol. The molecule has 0 radical (unpaired) electrons. The van der Waals surface area contributed by atoms with Crippen LogP contribution in [0.2, 0.25) is 0 Å². The molecule has 2 saturated heterocycles. The second-order valence-electron chi connectivity index (χ2n) is 6.95. The lowest BCUT2D eigenvalue weighted by Gasteiger charge is -2.31. The van der Waals surface area contributed by atoms with Gasteiger partial charge in [-0.3, -0.25) is 4.90 Å². The first-order valence-electron chi connectivity index (χ1n) is 9.28. The van der Waals surface area contributed by atoms with Crippen molar-refractivity contribution in [1.82, 2.24) is 13.5 Å². The molecule has 7 heteroatoms. The molecular formula is C18H29N3O3S. The van der Waals surface area contributed by atoms with Gasteiger partial charge in [-0.2, -0.15) is 17.0 Å². The lowest BCUT2D eigenvalue weighted by molar-refractivity contribution is 0.116. The maximum Gasteiger partial charge on any atom is 0.282 e. The Morgan fingerprint density at radius 3 is 2.20 bits per heavy atom. The van der Waals surface area contributed by atoms with E-state index in [2.05, 4.69) is 4.90 Å². The zero-order valence-corrected chi connectivity index (χ0v) is 15.6. The summed E-state index contributed by atoms with van der Waals surface area (Å²) in [6.07, 6.45) is 3.31. The summed E-state index contributed by atoms with van der Waals surface area (Å²) in [4.78, 5) is 2.17. The molecule has 2 heterocycles. The van der Waals surface area contributed by atoms with E-state index in [-0.39, 0.29) is 0 Å². The topological polar surface area (TPSA) is 64.1 Å². The molecule has 3 rings (SSSR count). The predicted octanol–water partition coefficient (Wildman–Crippen LogP) is 1.46. The zero-order chi connectivity index (χ0) is 17.7. The minimum Gasteiger partial charge on any atom is -0.387 e. The van der Waals surface area contributed by atoms with Gasteiger partial charge in [0.05, 0.1) is 6.10 Å². The van der Waals surface area contributed by atoms with E-state index in [0.29, 0.717) is 39.3 Å². The van der Waals surface area contributed by atoms with Crippen molar-refractivity contribution in [2.45, 2.75) is 31.8 Å². The van der Waals surface area contributed by atoms with Crippen LogP contribution in [0, 0.1) is 0 Å². The van der Waals surface area contributed by atoms with Crippen molar-refractivity contribution in [2.24, 2.45) is 0 Å². The van der Waals surface area contributed by atoms with Crippen LogP contribution in [0.3, 0.4) is 0 Å². The number of hydrogen-bond donors (Lipinski definition) is 1. The quantitative estimate of drug-likeness (QED) is 0.856. The second kappa shape index (κ2) is 8.60. The smallest absolute Gasteiger partial charge is 0.282 e. The third-order valence-electron chi connectivity index (χ3n) is 5.13. The standard InChI is InChI=1S/C18H29N3O3S/c22-18(17-8-3-1-4-9-17)16-19-10-7-13-21(15-14-19)25(23,24)20-11-5-2-6-12-20/h1,3-4,8-9,18,22H,2,5-7,10-16H2/t18-/m1/s1. The molecule has 0 aliphatic carbocycles. The van der Waals surface area contributed by atoms with E-state index in [9.17, 15) is 13.5 Å². The maximum absolute atomic E-state index is 12.8. The summed E-state index contributed by atoms with van der Waals surface area (Å²) in [5, 5.41) is 10.4. The van der Waals surface area contributed by atoms with Crippen molar-refractivity contribution in [3.8, 4) is 0 Å². The molecule has 1 atom stereocenters. The maximum atomic E-state index is 12.8. The van der Waals surface area contributed by atoms with Gasteiger partial charge in [-0.25, -0.2) is 0 Å². The summed E-state index contributed by atoms with van der Waals surface area (Å²) in [6.45, 7) is 4.39. The fourth-order valence-corrected chi connectivity index (χ4v) is 5.36. The molecule has 0 aromatic heterocycles. The summed E-state index contributed by atoms with van der Waals surface area (Å²) in [5.41, 5.74) is 0.907. The van der Waals surface area contributed by atoms with Gasteiger partial charge in [-0.15, -0.1) is 0 Å². The van der Waals surface area contributed by atoms with E-state index < -0.39 is 16.3 Å². The molecule has 140 valence electrons.